The van der Waals surface area contributed by atoms with Crippen LogP contribution >= 0.6 is 0 Å². The maximum Gasteiger partial charge on any atom is 0.0675 e. The second kappa shape index (κ2) is 7.32. The van der Waals surface area contributed by atoms with Crippen molar-refractivity contribution in [2.45, 2.75) is 58.9 Å². The van der Waals surface area contributed by atoms with Gasteiger partial charge in [-0.25, -0.2) is 0 Å². The fraction of sp³-hybridized carbons (Fsp3) is 0.588. The number of allylic oxidation sites excluding steroid dienone is 5. The lowest BCUT2D eigenvalue weighted by molar-refractivity contribution is 0.440. The Morgan fingerprint density at radius 3 is 2.53 bits per heavy atom. The summed E-state index contributed by atoms with van der Waals surface area (Å²) in [6, 6.07) is 0. The summed E-state index contributed by atoms with van der Waals surface area (Å²) in [7, 11) is 0. The minimum absolute atomic E-state index is 0.00228. The summed E-state index contributed by atoms with van der Waals surface area (Å²) in [5, 5.41) is 4.61. The average Bonchev–Trinajstić information content (AvgIpc) is 3.14. The molecule has 0 unspecified atom stereocenters. The molecule has 0 heterocycles. The highest BCUT2D eigenvalue weighted by Crippen LogP contribution is 2.34. The van der Waals surface area contributed by atoms with Crippen molar-refractivity contribution in [1.29, 1.82) is 0 Å². The Bertz CT molecular complexity index is 377. The highest BCUT2D eigenvalue weighted by molar-refractivity contribution is 6.02. The fourth-order valence-electron chi connectivity index (χ4n) is 1.73. The Balaban J connectivity index is 2.78. The number of hydrazone groups is 1. The van der Waals surface area contributed by atoms with E-state index >= 15 is 0 Å². The van der Waals surface area contributed by atoms with E-state index in [2.05, 4.69) is 44.0 Å². The van der Waals surface area contributed by atoms with Crippen LogP contribution in [0.3, 0.4) is 0 Å². The van der Waals surface area contributed by atoms with E-state index in [0.717, 1.165) is 23.6 Å². The van der Waals surface area contributed by atoms with Gasteiger partial charge in [0.1, 0.15) is 0 Å². The molecule has 0 spiro atoms. The Morgan fingerprint density at radius 2 is 2.05 bits per heavy atom. The molecule has 1 rings (SSSR count). The molecular formula is C17H28N2. The normalized spacial score (nSPS) is 17.9. The molecule has 0 aromatic heterocycles. The molecule has 1 aliphatic carbocycles. The molecule has 0 amide bonds. The third kappa shape index (κ3) is 7.00. The van der Waals surface area contributed by atoms with Gasteiger partial charge in [-0.15, -0.1) is 0 Å². The summed E-state index contributed by atoms with van der Waals surface area (Å²) in [6.45, 7) is 12.3. The third-order valence-electron chi connectivity index (χ3n) is 3.03. The average molecular weight is 260 g/mol. The van der Waals surface area contributed by atoms with Crippen molar-refractivity contribution in [3.63, 3.8) is 0 Å². The zero-order valence-corrected chi connectivity index (χ0v) is 12.9. The monoisotopic (exact) mass is 260 g/mol. The van der Waals surface area contributed by atoms with Crippen molar-refractivity contribution < 1.29 is 0 Å². The van der Waals surface area contributed by atoms with Crippen LogP contribution in [0.4, 0.5) is 0 Å². The maximum atomic E-state index is 4.61. The standard InChI is InChI=1S/C17H28N2/c1-6-8-9-15(7-2)16(13-12-14-10-11-14)18-19-17(3,4)5/h6-9,14,19H,2,10-13H2,1,3-5H3/b8-6-,15-9+,18-16+. The topological polar surface area (TPSA) is 24.4 Å². The van der Waals surface area contributed by atoms with Crippen molar-refractivity contribution in [2.24, 2.45) is 11.0 Å². The number of hydrogen-bond acceptors (Lipinski definition) is 2. The lowest BCUT2D eigenvalue weighted by Crippen LogP contribution is -2.32. The first kappa shape index (κ1) is 15.7. The summed E-state index contributed by atoms with van der Waals surface area (Å²) < 4.78 is 0. The van der Waals surface area contributed by atoms with E-state index in [9.17, 15) is 0 Å². The van der Waals surface area contributed by atoms with Crippen LogP contribution in [-0.4, -0.2) is 11.3 Å². The SMILES string of the molecule is C=CC(=C\C=C/C)/C(CCC1CC1)=N/NC(C)(C)C. The zero-order chi connectivity index (χ0) is 14.3. The first-order chi connectivity index (χ1) is 8.96. The molecule has 1 fully saturated rings. The van der Waals surface area contributed by atoms with Crippen LogP contribution in [0.15, 0.2) is 41.6 Å². The smallest absolute Gasteiger partial charge is 0.0675 e. The highest BCUT2D eigenvalue weighted by atomic mass is 15.3. The second-order valence-corrected chi connectivity index (χ2v) is 6.25. The Hall–Kier alpha value is -1.31. The predicted octanol–water partition coefficient (Wildman–Crippen LogP) is 4.61. The fourth-order valence-corrected chi connectivity index (χ4v) is 1.73. The molecular weight excluding hydrogens is 232 g/mol. The highest BCUT2D eigenvalue weighted by Gasteiger charge is 2.22. The molecule has 1 saturated carbocycles. The van der Waals surface area contributed by atoms with Crippen LogP contribution in [0.5, 0.6) is 0 Å². The molecule has 1 N–H and O–H groups in total. The van der Waals surface area contributed by atoms with Crippen LogP contribution in [0.1, 0.15) is 53.4 Å². The predicted molar refractivity (Wildman–Crippen MR) is 85.4 cm³/mol. The van der Waals surface area contributed by atoms with Crippen molar-refractivity contribution in [1.82, 2.24) is 5.43 Å². The van der Waals surface area contributed by atoms with E-state index < -0.39 is 0 Å². The summed E-state index contributed by atoms with van der Waals surface area (Å²) in [6.07, 6.45) is 13.1. The van der Waals surface area contributed by atoms with Gasteiger partial charge in [0.2, 0.25) is 0 Å². The summed E-state index contributed by atoms with van der Waals surface area (Å²) >= 11 is 0. The van der Waals surface area contributed by atoms with Crippen LogP contribution in [-0.2, 0) is 0 Å². The molecule has 2 nitrogen and oxygen atoms in total. The summed E-state index contributed by atoms with van der Waals surface area (Å²) in [5.74, 6) is 0.924. The number of hydrogen-bond donors (Lipinski definition) is 1. The van der Waals surface area contributed by atoms with Crippen molar-refractivity contribution in [3.05, 3.63) is 36.5 Å². The van der Waals surface area contributed by atoms with Gasteiger partial charge in [0.15, 0.2) is 0 Å². The van der Waals surface area contributed by atoms with Gasteiger partial charge in [-0.3, -0.25) is 0 Å². The van der Waals surface area contributed by atoms with Crippen molar-refractivity contribution >= 4 is 5.71 Å². The Morgan fingerprint density at radius 1 is 1.37 bits per heavy atom. The Labute approximate surface area is 118 Å². The molecule has 1 aliphatic rings. The number of nitrogens with one attached hydrogen (secondary N) is 1. The van der Waals surface area contributed by atoms with Gasteiger partial charge in [0.25, 0.3) is 0 Å². The van der Waals surface area contributed by atoms with Crippen molar-refractivity contribution in [2.75, 3.05) is 0 Å². The number of nitrogens with zero attached hydrogens (tertiary/aromatic N) is 1. The lowest BCUT2D eigenvalue weighted by atomic mass is 10.0. The van der Waals surface area contributed by atoms with Gasteiger partial charge in [-0.2, -0.15) is 5.10 Å². The van der Waals surface area contributed by atoms with Gasteiger partial charge in [0, 0.05) is 5.54 Å². The van der Waals surface area contributed by atoms with E-state index in [4.69, 9.17) is 0 Å². The minimum atomic E-state index is -0.00228. The van der Waals surface area contributed by atoms with Crippen LogP contribution < -0.4 is 5.43 Å². The van der Waals surface area contributed by atoms with E-state index in [1.807, 2.05) is 25.2 Å². The molecule has 106 valence electrons. The molecule has 0 atom stereocenters. The first-order valence-electron chi connectivity index (χ1n) is 7.26. The molecule has 0 aromatic rings. The van der Waals surface area contributed by atoms with Gasteiger partial charge in [0.05, 0.1) is 5.71 Å². The molecule has 19 heavy (non-hydrogen) atoms. The molecule has 0 radical (unpaired) electrons. The van der Waals surface area contributed by atoms with E-state index in [1.54, 1.807) is 0 Å². The van der Waals surface area contributed by atoms with Crippen molar-refractivity contribution in [3.8, 4) is 0 Å². The lowest BCUT2D eigenvalue weighted by Gasteiger charge is -2.19. The molecule has 0 saturated heterocycles. The quantitative estimate of drug-likeness (QED) is 0.403. The second-order valence-electron chi connectivity index (χ2n) is 6.25. The molecule has 0 aliphatic heterocycles. The Kier molecular flexibility index (Phi) is 6.07. The minimum Gasteiger partial charge on any atom is -0.305 e. The summed E-state index contributed by atoms with van der Waals surface area (Å²) in [5.41, 5.74) is 5.47. The van der Waals surface area contributed by atoms with E-state index in [1.165, 1.54) is 19.3 Å². The first-order valence-corrected chi connectivity index (χ1v) is 7.26. The van der Waals surface area contributed by atoms with Crippen LogP contribution in [0.25, 0.3) is 0 Å². The molecule has 0 aromatic carbocycles. The van der Waals surface area contributed by atoms with Crippen LogP contribution in [0.2, 0.25) is 0 Å². The van der Waals surface area contributed by atoms with Gasteiger partial charge in [-0.05, 0) is 52.0 Å². The van der Waals surface area contributed by atoms with E-state index in [0.29, 0.717) is 0 Å². The largest absolute Gasteiger partial charge is 0.305 e. The van der Waals surface area contributed by atoms with Gasteiger partial charge < -0.3 is 5.43 Å². The molecule has 2 heteroatoms. The third-order valence-corrected chi connectivity index (χ3v) is 3.03. The van der Waals surface area contributed by atoms with E-state index in [-0.39, 0.29) is 5.54 Å². The van der Waals surface area contributed by atoms with Gasteiger partial charge in [-0.1, -0.05) is 43.7 Å². The molecule has 0 bridgehead atoms. The van der Waals surface area contributed by atoms with Crippen LogP contribution in [0, 0.1) is 5.92 Å². The summed E-state index contributed by atoms with van der Waals surface area (Å²) in [4.78, 5) is 0. The van der Waals surface area contributed by atoms with Gasteiger partial charge >= 0.3 is 0 Å². The maximum absolute atomic E-state index is 4.61. The zero-order valence-electron chi connectivity index (χ0n) is 12.9. The number of rotatable bonds is 7.